The van der Waals surface area contributed by atoms with Crippen LogP contribution in [0.4, 0.5) is 79.0 Å². The average Bonchev–Trinajstić information content (AvgIpc) is 2.65. The third-order valence-corrected chi connectivity index (χ3v) is 1.76. The summed E-state index contributed by atoms with van der Waals surface area (Å²) >= 11 is 0. The molecule has 320 valence electrons. The summed E-state index contributed by atoms with van der Waals surface area (Å²) < 4.78 is 192. The predicted molar refractivity (Wildman–Crippen MR) is 100 cm³/mol. The first-order valence-corrected chi connectivity index (χ1v) is 8.23. The van der Waals surface area contributed by atoms with Crippen LogP contribution in [-0.2, 0) is 51.2 Å². The number of aliphatic hydroxyl groups excluding tert-OH is 6. The van der Waals surface area contributed by atoms with Crippen LogP contribution in [0.1, 0.15) is 0 Å². The summed E-state index contributed by atoms with van der Waals surface area (Å²) in [6.45, 7) is 0. The van der Waals surface area contributed by atoms with Gasteiger partial charge in [-0.05, 0) is 0 Å². The van der Waals surface area contributed by atoms with Gasteiger partial charge in [0.2, 0.25) is 0 Å². The van der Waals surface area contributed by atoms with Gasteiger partial charge in [0.15, 0.2) is 0 Å². The van der Waals surface area contributed by atoms with Crippen LogP contribution in [0.25, 0.3) is 0 Å². The number of halogens is 18. The molecular weight excluding hydrogens is 910 g/mol. The molecule has 49 heavy (non-hydrogen) atoms. The monoisotopic (exact) mass is 936 g/mol. The molecule has 0 saturated heterocycles. The summed E-state index contributed by atoms with van der Waals surface area (Å²) in [5.74, 6) is 0. The molecule has 0 rings (SSSR count). The third-order valence-electron chi connectivity index (χ3n) is 1.76. The van der Waals surface area contributed by atoms with Crippen molar-refractivity contribution in [1.29, 1.82) is 0 Å². The number of alkyl halides is 18. The van der Waals surface area contributed by atoms with Crippen molar-refractivity contribution in [2.45, 2.75) is 74.8 Å². The van der Waals surface area contributed by atoms with E-state index in [2.05, 4.69) is 0 Å². The molecular formula is C12H26F18Fe3O16. The van der Waals surface area contributed by atoms with Crippen LogP contribution in [0, 0.1) is 0 Å². The number of aliphatic hydroxyl groups is 12. The van der Waals surface area contributed by atoms with Crippen LogP contribution in [-0.4, -0.2) is 158 Å². The normalized spacial score (nSPS) is 11.0. The Morgan fingerprint density at radius 3 is 0.224 bits per heavy atom. The quantitative estimate of drug-likeness (QED) is 0.0626. The second-order valence-electron chi connectivity index (χ2n) is 5.49. The summed E-state index contributed by atoms with van der Waals surface area (Å²) in [5, 5.41) is 87.8. The molecule has 0 atom stereocenters. The Morgan fingerprint density at radius 1 is 0.204 bits per heavy atom. The zero-order valence-electron chi connectivity index (χ0n) is 21.7. The van der Waals surface area contributed by atoms with Crippen LogP contribution in [0.2, 0.25) is 0 Å². The third kappa shape index (κ3) is 78.1. The van der Waals surface area contributed by atoms with E-state index < -0.39 is 74.8 Å². The summed E-state index contributed by atoms with van der Waals surface area (Å²) in [6, 6.07) is 0. The van der Waals surface area contributed by atoms with Gasteiger partial charge in [0.25, 0.3) is 37.7 Å². The molecule has 0 bridgehead atoms. The van der Waals surface area contributed by atoms with Gasteiger partial charge in [0.1, 0.15) is 0 Å². The van der Waals surface area contributed by atoms with Crippen molar-refractivity contribution in [1.82, 2.24) is 0 Å². The second-order valence-corrected chi connectivity index (χ2v) is 5.49. The summed E-state index contributed by atoms with van der Waals surface area (Å²) in [7, 11) is 0. The summed E-state index contributed by atoms with van der Waals surface area (Å²) in [6.07, 6.45) is -48.5. The fourth-order valence-electron chi connectivity index (χ4n) is 0. The number of hydrogen-bond acceptors (Lipinski definition) is 12. The van der Waals surface area contributed by atoms with Crippen molar-refractivity contribution < 1.29 is 213 Å². The second kappa shape index (κ2) is 36.0. The van der Waals surface area contributed by atoms with E-state index in [0.29, 0.717) is 0 Å². The van der Waals surface area contributed by atoms with Gasteiger partial charge in [-0.15, -0.1) is 0 Å². The molecule has 0 amide bonds. The Balaban J connectivity index is -0.0000000281. The van der Waals surface area contributed by atoms with Crippen LogP contribution in [0.15, 0.2) is 0 Å². The van der Waals surface area contributed by atoms with Crippen LogP contribution >= 0.6 is 0 Å². The fraction of sp³-hybridized carbons (Fsp3) is 1.00. The van der Waals surface area contributed by atoms with E-state index in [1.165, 1.54) is 0 Å². The Labute approximate surface area is 288 Å². The SMILES string of the molecule is O.O.O.O.OC(O)C(F)(F)F.OC(O)C(F)(F)F.OC(O)C(F)(F)F.OC(O)C(F)(F)F.OC(O)C(F)(F)F.OC(O)C(F)(F)F.[Fe].[Fe].[Fe]. The van der Waals surface area contributed by atoms with Gasteiger partial charge >= 0.3 is 37.1 Å². The molecule has 0 aromatic heterocycles. The molecule has 0 radical (unpaired) electrons. The molecule has 0 aliphatic heterocycles. The van der Waals surface area contributed by atoms with Gasteiger partial charge in [-0.25, -0.2) is 0 Å². The van der Waals surface area contributed by atoms with E-state index in [1.807, 2.05) is 0 Å². The topological polar surface area (TPSA) is 369 Å². The molecule has 0 aromatic carbocycles. The zero-order valence-corrected chi connectivity index (χ0v) is 25.0. The van der Waals surface area contributed by atoms with Crippen molar-refractivity contribution in [2.24, 2.45) is 0 Å². The van der Waals surface area contributed by atoms with Crippen LogP contribution in [0.3, 0.4) is 0 Å². The first-order chi connectivity index (χ1) is 17.7. The summed E-state index contributed by atoms with van der Waals surface area (Å²) in [5.41, 5.74) is 0. The van der Waals surface area contributed by atoms with Crippen LogP contribution < -0.4 is 0 Å². The van der Waals surface area contributed by atoms with Crippen molar-refractivity contribution in [3.8, 4) is 0 Å². The molecule has 16 nitrogen and oxygen atoms in total. The average molecular weight is 936 g/mol. The Kier molecular flexibility index (Phi) is 63.9. The minimum absolute atomic E-state index is 0. The smallest absolute Gasteiger partial charge is 0.412 e. The number of hydrogen-bond donors (Lipinski definition) is 12. The van der Waals surface area contributed by atoms with Crippen LogP contribution in [0.5, 0.6) is 0 Å². The summed E-state index contributed by atoms with van der Waals surface area (Å²) in [4.78, 5) is 0. The standard InChI is InChI=1S/6C2H3F3O2.3Fe.4H2O/c6*3-2(4,5)1(6)7;;;;;;;/h6*1,6-7H;;;;4*1H2. The van der Waals surface area contributed by atoms with Gasteiger partial charge in [-0.3, -0.25) is 0 Å². The molecule has 0 aromatic rings. The molecule has 37 heteroatoms. The predicted octanol–water partition coefficient (Wildman–Crippen LogP) is -4.15. The first-order valence-electron chi connectivity index (χ1n) is 8.23. The van der Waals surface area contributed by atoms with Crippen molar-refractivity contribution in [2.75, 3.05) is 0 Å². The Morgan fingerprint density at radius 2 is 0.224 bits per heavy atom. The van der Waals surface area contributed by atoms with E-state index in [0.717, 1.165) is 0 Å². The maximum absolute atomic E-state index is 10.7. The fourth-order valence-corrected chi connectivity index (χ4v) is 0. The molecule has 0 fully saturated rings. The minimum atomic E-state index is -4.89. The molecule has 0 spiro atoms. The Bertz CT molecular complexity index is 501. The van der Waals surface area contributed by atoms with E-state index in [1.54, 1.807) is 0 Å². The van der Waals surface area contributed by atoms with Gasteiger partial charge in [-0.1, -0.05) is 0 Å². The largest absolute Gasteiger partial charge is 0.439 e. The molecule has 0 aliphatic rings. The minimum Gasteiger partial charge on any atom is -0.412 e. The number of rotatable bonds is 0. The van der Waals surface area contributed by atoms with E-state index in [4.69, 9.17) is 61.3 Å². The van der Waals surface area contributed by atoms with Crippen molar-refractivity contribution in [3.05, 3.63) is 0 Å². The Hall–Kier alpha value is -0.342. The molecule has 0 unspecified atom stereocenters. The molecule has 0 aliphatic carbocycles. The van der Waals surface area contributed by atoms with E-state index >= 15 is 0 Å². The van der Waals surface area contributed by atoms with Gasteiger partial charge in [-0.2, -0.15) is 79.0 Å². The first kappa shape index (κ1) is 86.9. The zero-order chi connectivity index (χ0) is 36.5. The van der Waals surface area contributed by atoms with Crippen molar-refractivity contribution in [3.63, 3.8) is 0 Å². The maximum Gasteiger partial charge on any atom is 0.439 e. The van der Waals surface area contributed by atoms with Gasteiger partial charge < -0.3 is 83.2 Å². The van der Waals surface area contributed by atoms with Gasteiger partial charge in [0.05, 0.1) is 0 Å². The molecule has 0 saturated carbocycles. The van der Waals surface area contributed by atoms with E-state index in [-0.39, 0.29) is 73.1 Å². The maximum atomic E-state index is 10.7. The van der Waals surface area contributed by atoms with Crippen molar-refractivity contribution >= 4 is 0 Å². The van der Waals surface area contributed by atoms with Gasteiger partial charge in [0, 0.05) is 51.2 Å². The molecule has 0 heterocycles. The molecule has 20 N–H and O–H groups in total. The van der Waals surface area contributed by atoms with E-state index in [9.17, 15) is 79.0 Å².